The number of carbonyl (C=O) groups excluding carboxylic acids is 1. The topological polar surface area (TPSA) is 37.3 Å². The Bertz CT molecular complexity index is 747. The largest absolute Gasteiger partial charge is 0.508 e. The number of benzene rings is 2. The van der Waals surface area contributed by atoms with Gasteiger partial charge in [-0.15, -0.1) is 0 Å². The van der Waals surface area contributed by atoms with Gasteiger partial charge in [-0.2, -0.15) is 0 Å². The van der Waals surface area contributed by atoms with Crippen molar-refractivity contribution in [2.45, 2.75) is 44.9 Å². The van der Waals surface area contributed by atoms with Crippen molar-refractivity contribution in [3.05, 3.63) is 41.5 Å². The molecule has 1 saturated carbocycles. The predicted octanol–water partition coefficient (Wildman–Crippen LogP) is 4.33. The van der Waals surface area contributed by atoms with E-state index in [0.717, 1.165) is 37.5 Å². The van der Waals surface area contributed by atoms with Crippen LogP contribution in [0.2, 0.25) is 0 Å². The van der Waals surface area contributed by atoms with Crippen LogP contribution in [-0.2, 0) is 11.2 Å². The fraction of sp³-hybridized carbons (Fsp3) is 0.421. The molecular weight excluding hydrogens is 260 g/mol. The number of fused-ring (bicyclic) bond motifs is 5. The molecule has 2 aromatic rings. The van der Waals surface area contributed by atoms with Crippen LogP contribution < -0.4 is 0 Å². The molecule has 0 aromatic heterocycles. The predicted molar refractivity (Wildman–Crippen MR) is 83.6 cm³/mol. The molecule has 0 spiro atoms. The van der Waals surface area contributed by atoms with Crippen molar-refractivity contribution in [1.82, 2.24) is 0 Å². The molecule has 2 nitrogen and oxygen atoms in total. The van der Waals surface area contributed by atoms with Gasteiger partial charge in [0.25, 0.3) is 0 Å². The van der Waals surface area contributed by atoms with Crippen molar-refractivity contribution >= 4 is 16.6 Å². The fourth-order valence-corrected chi connectivity index (χ4v) is 4.73. The monoisotopic (exact) mass is 280 g/mol. The molecule has 2 unspecified atom stereocenters. The Morgan fingerprint density at radius 3 is 2.90 bits per heavy atom. The summed E-state index contributed by atoms with van der Waals surface area (Å²) in [5.41, 5.74) is 2.68. The van der Waals surface area contributed by atoms with Crippen LogP contribution in [0.4, 0.5) is 0 Å². The molecule has 0 amide bonds. The van der Waals surface area contributed by atoms with E-state index < -0.39 is 0 Å². The van der Waals surface area contributed by atoms with E-state index >= 15 is 0 Å². The number of ketones is 1. The molecule has 2 atom stereocenters. The lowest BCUT2D eigenvalue weighted by Crippen LogP contribution is -2.34. The van der Waals surface area contributed by atoms with Gasteiger partial charge in [0.2, 0.25) is 0 Å². The molecule has 0 saturated heterocycles. The lowest BCUT2D eigenvalue weighted by Gasteiger charge is -2.39. The Morgan fingerprint density at radius 1 is 1.24 bits per heavy atom. The number of hydrogen-bond acceptors (Lipinski definition) is 2. The van der Waals surface area contributed by atoms with Crippen LogP contribution in [0.1, 0.15) is 49.7 Å². The quantitative estimate of drug-likeness (QED) is 0.844. The second kappa shape index (κ2) is 4.33. The zero-order valence-corrected chi connectivity index (χ0v) is 12.4. The number of aromatic hydroxyl groups is 1. The van der Waals surface area contributed by atoms with Crippen molar-refractivity contribution in [1.29, 1.82) is 0 Å². The first-order valence-electron chi connectivity index (χ1n) is 7.93. The second-order valence-corrected chi connectivity index (χ2v) is 6.56. The summed E-state index contributed by atoms with van der Waals surface area (Å²) in [5, 5.41) is 12.0. The Morgan fingerprint density at radius 2 is 2.10 bits per heavy atom. The van der Waals surface area contributed by atoms with Gasteiger partial charge < -0.3 is 5.11 Å². The molecule has 2 heteroatoms. The van der Waals surface area contributed by atoms with E-state index in [1.54, 1.807) is 6.07 Å². The summed E-state index contributed by atoms with van der Waals surface area (Å²) in [4.78, 5) is 12.4. The van der Waals surface area contributed by atoms with Gasteiger partial charge >= 0.3 is 0 Å². The van der Waals surface area contributed by atoms with E-state index in [1.807, 2.05) is 12.1 Å². The third kappa shape index (κ3) is 1.62. The molecule has 4 rings (SSSR count). The molecule has 108 valence electrons. The molecule has 0 aliphatic heterocycles. The minimum Gasteiger partial charge on any atom is -0.508 e. The Balaban J connectivity index is 1.93. The minimum absolute atomic E-state index is 0.0996. The molecule has 1 N–H and O–H groups in total. The highest BCUT2D eigenvalue weighted by atomic mass is 16.3. The molecule has 21 heavy (non-hydrogen) atoms. The van der Waals surface area contributed by atoms with Crippen molar-refractivity contribution in [3.63, 3.8) is 0 Å². The maximum absolute atomic E-state index is 12.4. The Hall–Kier alpha value is -1.83. The number of rotatable bonds is 1. The summed E-state index contributed by atoms with van der Waals surface area (Å²) in [6, 6.07) is 9.92. The van der Waals surface area contributed by atoms with Gasteiger partial charge in [0, 0.05) is 11.8 Å². The molecule has 0 radical (unpaired) electrons. The lowest BCUT2D eigenvalue weighted by molar-refractivity contribution is -0.127. The van der Waals surface area contributed by atoms with E-state index in [1.165, 1.54) is 16.5 Å². The van der Waals surface area contributed by atoms with E-state index in [9.17, 15) is 9.90 Å². The SMILES string of the molecule is CCC12CCc3c(ccc4cc(O)ccc34)C1CCC2=O. The molecule has 2 aliphatic rings. The third-order valence-electron chi connectivity index (χ3n) is 5.86. The van der Waals surface area contributed by atoms with Crippen molar-refractivity contribution in [2.24, 2.45) is 5.41 Å². The standard InChI is InChI=1S/C19H20O2/c1-2-19-10-9-15-14-6-4-13(20)11-12(14)3-5-16(15)17(19)7-8-18(19)21/h3-6,11,17,20H,2,7-10H2,1H3. The van der Waals surface area contributed by atoms with Crippen molar-refractivity contribution < 1.29 is 9.90 Å². The summed E-state index contributed by atoms with van der Waals surface area (Å²) >= 11 is 0. The Labute approximate surface area is 124 Å². The summed E-state index contributed by atoms with van der Waals surface area (Å²) in [6.45, 7) is 2.17. The fourth-order valence-electron chi connectivity index (χ4n) is 4.73. The van der Waals surface area contributed by atoms with Gasteiger partial charge in [-0.25, -0.2) is 0 Å². The van der Waals surface area contributed by atoms with Crippen molar-refractivity contribution in [2.75, 3.05) is 0 Å². The van der Waals surface area contributed by atoms with E-state index in [0.29, 0.717) is 17.5 Å². The average molecular weight is 280 g/mol. The molecule has 2 aromatic carbocycles. The van der Waals surface area contributed by atoms with E-state index in [2.05, 4.69) is 19.1 Å². The highest BCUT2D eigenvalue weighted by Gasteiger charge is 2.51. The third-order valence-corrected chi connectivity index (χ3v) is 5.86. The van der Waals surface area contributed by atoms with Gasteiger partial charge in [-0.1, -0.05) is 25.1 Å². The summed E-state index contributed by atoms with van der Waals surface area (Å²) in [6.07, 6.45) is 4.67. The zero-order chi connectivity index (χ0) is 14.6. The first kappa shape index (κ1) is 12.9. The first-order valence-corrected chi connectivity index (χ1v) is 7.93. The van der Waals surface area contributed by atoms with E-state index in [4.69, 9.17) is 0 Å². The molecule has 1 fully saturated rings. The summed E-state index contributed by atoms with van der Waals surface area (Å²) in [5.74, 6) is 1.20. The number of phenolic OH excluding ortho intramolecular Hbond substituents is 1. The minimum atomic E-state index is -0.0996. The number of Topliss-reactive ketones (excluding diaryl/α,β-unsaturated/α-hetero) is 1. The average Bonchev–Trinajstić information content (AvgIpc) is 2.84. The maximum Gasteiger partial charge on any atom is 0.139 e. The van der Waals surface area contributed by atoms with E-state index in [-0.39, 0.29) is 5.41 Å². The number of carbonyl (C=O) groups is 1. The first-order chi connectivity index (χ1) is 10.2. The number of aryl methyl sites for hydroxylation is 1. The molecule has 2 aliphatic carbocycles. The normalized spacial score (nSPS) is 27.7. The van der Waals surface area contributed by atoms with Crippen LogP contribution in [0.3, 0.4) is 0 Å². The highest BCUT2D eigenvalue weighted by molar-refractivity contribution is 5.92. The lowest BCUT2D eigenvalue weighted by atomic mass is 9.63. The molecule has 0 heterocycles. The summed E-state index contributed by atoms with van der Waals surface area (Å²) < 4.78 is 0. The van der Waals surface area contributed by atoms with Crippen LogP contribution in [0.15, 0.2) is 30.3 Å². The van der Waals surface area contributed by atoms with Gasteiger partial charge in [-0.05, 0) is 65.6 Å². The van der Waals surface area contributed by atoms with Gasteiger partial charge in [0.1, 0.15) is 11.5 Å². The molecular formula is C19H20O2. The zero-order valence-electron chi connectivity index (χ0n) is 12.4. The van der Waals surface area contributed by atoms with Gasteiger partial charge in [0.05, 0.1) is 0 Å². The Kier molecular flexibility index (Phi) is 2.66. The maximum atomic E-state index is 12.4. The van der Waals surface area contributed by atoms with Crippen molar-refractivity contribution in [3.8, 4) is 5.75 Å². The van der Waals surface area contributed by atoms with Gasteiger partial charge in [0.15, 0.2) is 0 Å². The van der Waals surface area contributed by atoms with Crippen LogP contribution in [0, 0.1) is 5.41 Å². The van der Waals surface area contributed by atoms with Crippen LogP contribution >= 0.6 is 0 Å². The van der Waals surface area contributed by atoms with Crippen LogP contribution in [0.5, 0.6) is 5.75 Å². The second-order valence-electron chi connectivity index (χ2n) is 6.56. The van der Waals surface area contributed by atoms with Gasteiger partial charge in [-0.3, -0.25) is 4.79 Å². The summed E-state index contributed by atoms with van der Waals surface area (Å²) in [7, 11) is 0. The molecule has 0 bridgehead atoms. The highest BCUT2D eigenvalue weighted by Crippen LogP contribution is 2.56. The van der Waals surface area contributed by atoms with Crippen LogP contribution in [-0.4, -0.2) is 10.9 Å². The van der Waals surface area contributed by atoms with Crippen LogP contribution in [0.25, 0.3) is 10.8 Å². The number of hydrogen-bond donors (Lipinski definition) is 1. The smallest absolute Gasteiger partial charge is 0.139 e. The number of phenols is 1.